The zero-order chi connectivity index (χ0) is 17.1. The molecule has 1 aromatic heterocycles. The van der Waals surface area contributed by atoms with E-state index in [4.69, 9.17) is 21.7 Å². The lowest BCUT2D eigenvalue weighted by Gasteiger charge is -2.11. The van der Waals surface area contributed by atoms with Gasteiger partial charge in [-0.25, -0.2) is 0 Å². The quantitative estimate of drug-likeness (QED) is 0.466. The van der Waals surface area contributed by atoms with Crippen LogP contribution in [0.25, 0.3) is 5.69 Å². The lowest BCUT2D eigenvalue weighted by Crippen LogP contribution is -2.04. The normalized spacial score (nSPS) is 10.6. The van der Waals surface area contributed by atoms with Crippen molar-refractivity contribution in [1.82, 2.24) is 14.8 Å². The molecule has 0 saturated carbocycles. The van der Waals surface area contributed by atoms with Crippen LogP contribution < -0.4 is 9.47 Å². The number of H-pyrrole nitrogens is 1. The standard InChI is InChI=1S/C17H16IN3O2S/c1-22-14-7-8-15(23-2)11(9-14)10-16-19-20-17(24)21(16)13-5-3-12(18)4-6-13/h3-9H,10H2,1-2H3,(H,20,24). The van der Waals surface area contributed by atoms with Gasteiger partial charge in [-0.3, -0.25) is 9.67 Å². The minimum atomic E-state index is 0.563. The van der Waals surface area contributed by atoms with E-state index in [0.29, 0.717) is 11.2 Å². The summed E-state index contributed by atoms with van der Waals surface area (Å²) in [6.07, 6.45) is 0.569. The van der Waals surface area contributed by atoms with Crippen molar-refractivity contribution in [3.8, 4) is 17.2 Å². The van der Waals surface area contributed by atoms with Crippen molar-refractivity contribution in [1.29, 1.82) is 0 Å². The Balaban J connectivity index is 2.03. The number of methoxy groups -OCH3 is 2. The van der Waals surface area contributed by atoms with Gasteiger partial charge in [0.05, 0.1) is 14.2 Å². The van der Waals surface area contributed by atoms with E-state index >= 15 is 0 Å². The molecule has 0 aliphatic heterocycles. The molecule has 0 aliphatic rings. The Hall–Kier alpha value is -1.87. The minimum Gasteiger partial charge on any atom is -0.497 e. The zero-order valence-electron chi connectivity index (χ0n) is 13.2. The molecular formula is C17H16IN3O2S. The molecule has 0 saturated heterocycles. The van der Waals surface area contributed by atoms with Crippen molar-refractivity contribution in [3.05, 3.63) is 62.2 Å². The third-order valence-corrected chi connectivity index (χ3v) is 4.66. The van der Waals surface area contributed by atoms with E-state index in [2.05, 4.69) is 32.8 Å². The first-order valence-electron chi connectivity index (χ1n) is 7.25. The number of hydrogen-bond donors (Lipinski definition) is 1. The highest BCUT2D eigenvalue weighted by atomic mass is 127. The molecule has 0 unspecified atom stereocenters. The van der Waals surface area contributed by atoms with Crippen LogP contribution in [0.1, 0.15) is 11.4 Å². The number of aromatic nitrogens is 3. The highest BCUT2D eigenvalue weighted by molar-refractivity contribution is 14.1. The Morgan fingerprint density at radius 3 is 2.54 bits per heavy atom. The summed E-state index contributed by atoms with van der Waals surface area (Å²) in [6, 6.07) is 13.9. The van der Waals surface area contributed by atoms with E-state index in [1.54, 1.807) is 14.2 Å². The molecule has 0 atom stereocenters. The first-order valence-corrected chi connectivity index (χ1v) is 8.74. The average molecular weight is 453 g/mol. The van der Waals surface area contributed by atoms with Crippen LogP contribution >= 0.6 is 34.8 Å². The van der Waals surface area contributed by atoms with Gasteiger partial charge in [0, 0.05) is 21.2 Å². The number of aromatic amines is 1. The highest BCUT2D eigenvalue weighted by Crippen LogP contribution is 2.26. The summed E-state index contributed by atoms with van der Waals surface area (Å²) in [6.45, 7) is 0. The van der Waals surface area contributed by atoms with Gasteiger partial charge >= 0.3 is 0 Å². The van der Waals surface area contributed by atoms with Gasteiger partial charge in [-0.05, 0) is 77.3 Å². The van der Waals surface area contributed by atoms with Gasteiger partial charge in [0.15, 0.2) is 4.77 Å². The van der Waals surface area contributed by atoms with Crippen molar-refractivity contribution in [2.24, 2.45) is 0 Å². The second-order valence-electron chi connectivity index (χ2n) is 5.11. The molecular weight excluding hydrogens is 437 g/mol. The van der Waals surface area contributed by atoms with E-state index in [-0.39, 0.29) is 0 Å². The lowest BCUT2D eigenvalue weighted by atomic mass is 10.1. The van der Waals surface area contributed by atoms with E-state index in [9.17, 15) is 0 Å². The second kappa shape index (κ2) is 7.35. The summed E-state index contributed by atoms with van der Waals surface area (Å²) in [5.74, 6) is 2.38. The van der Waals surface area contributed by atoms with Gasteiger partial charge in [-0.1, -0.05) is 0 Å². The van der Waals surface area contributed by atoms with Gasteiger partial charge in [0.2, 0.25) is 0 Å². The third-order valence-electron chi connectivity index (χ3n) is 3.66. The number of nitrogens with one attached hydrogen (secondary N) is 1. The van der Waals surface area contributed by atoms with Crippen molar-refractivity contribution < 1.29 is 9.47 Å². The van der Waals surface area contributed by atoms with Gasteiger partial charge in [-0.2, -0.15) is 5.10 Å². The largest absolute Gasteiger partial charge is 0.497 e. The molecule has 7 heteroatoms. The van der Waals surface area contributed by atoms with Gasteiger partial charge in [0.25, 0.3) is 0 Å². The lowest BCUT2D eigenvalue weighted by molar-refractivity contribution is 0.399. The molecule has 2 aromatic carbocycles. The molecule has 0 bridgehead atoms. The third kappa shape index (κ3) is 3.46. The van der Waals surface area contributed by atoms with Gasteiger partial charge in [-0.15, -0.1) is 0 Å². The topological polar surface area (TPSA) is 52.1 Å². The number of halogens is 1. The number of ether oxygens (including phenoxy) is 2. The molecule has 3 aromatic rings. The van der Waals surface area contributed by atoms with Crippen LogP contribution in [0.15, 0.2) is 42.5 Å². The summed E-state index contributed by atoms with van der Waals surface area (Å²) in [4.78, 5) is 0. The molecule has 0 aliphatic carbocycles. The Bertz CT molecular complexity index is 903. The SMILES string of the molecule is COc1ccc(OC)c(Cc2n[nH]c(=S)n2-c2ccc(I)cc2)c1. The molecule has 0 fully saturated rings. The summed E-state index contributed by atoms with van der Waals surface area (Å²) < 4.78 is 14.4. The molecule has 0 spiro atoms. The fraction of sp³-hybridized carbons (Fsp3) is 0.176. The maximum Gasteiger partial charge on any atom is 0.199 e. The van der Waals surface area contributed by atoms with Crippen molar-refractivity contribution in [2.75, 3.05) is 14.2 Å². The maximum atomic E-state index is 5.46. The van der Waals surface area contributed by atoms with Crippen molar-refractivity contribution in [2.45, 2.75) is 6.42 Å². The molecule has 0 radical (unpaired) electrons. The Kier molecular flexibility index (Phi) is 5.20. The number of nitrogens with zero attached hydrogens (tertiary/aromatic N) is 2. The van der Waals surface area contributed by atoms with Crippen LogP contribution in [0.4, 0.5) is 0 Å². The fourth-order valence-corrected chi connectivity index (χ4v) is 3.11. The van der Waals surface area contributed by atoms with Gasteiger partial charge in [0.1, 0.15) is 17.3 Å². The predicted molar refractivity (Wildman–Crippen MR) is 104 cm³/mol. The van der Waals surface area contributed by atoms with Crippen LogP contribution in [0.2, 0.25) is 0 Å². The summed E-state index contributed by atoms with van der Waals surface area (Å²) in [7, 11) is 3.30. The molecule has 1 N–H and O–H groups in total. The Morgan fingerprint density at radius 1 is 1.12 bits per heavy atom. The van der Waals surface area contributed by atoms with Crippen LogP contribution in [-0.4, -0.2) is 29.0 Å². The molecule has 1 heterocycles. The smallest absolute Gasteiger partial charge is 0.199 e. The van der Waals surface area contributed by atoms with Crippen LogP contribution in [0.3, 0.4) is 0 Å². The number of benzene rings is 2. The van der Waals surface area contributed by atoms with Crippen molar-refractivity contribution in [3.63, 3.8) is 0 Å². The molecule has 5 nitrogen and oxygen atoms in total. The molecule has 0 amide bonds. The van der Waals surface area contributed by atoms with E-state index in [1.165, 1.54) is 3.57 Å². The summed E-state index contributed by atoms with van der Waals surface area (Å²) in [5.41, 5.74) is 1.96. The summed E-state index contributed by atoms with van der Waals surface area (Å²) in [5, 5.41) is 7.27. The predicted octanol–water partition coefficient (Wildman–Crippen LogP) is 4.14. The Labute approximate surface area is 158 Å². The zero-order valence-corrected chi connectivity index (χ0v) is 16.2. The summed E-state index contributed by atoms with van der Waals surface area (Å²) >= 11 is 7.68. The maximum absolute atomic E-state index is 5.46. The fourth-order valence-electron chi connectivity index (χ4n) is 2.50. The minimum absolute atomic E-state index is 0.563. The highest BCUT2D eigenvalue weighted by Gasteiger charge is 2.13. The molecule has 3 rings (SSSR count). The van der Waals surface area contributed by atoms with Gasteiger partial charge < -0.3 is 9.47 Å². The van der Waals surface area contributed by atoms with E-state index in [1.807, 2.05) is 47.0 Å². The first kappa shape index (κ1) is 17.0. The van der Waals surface area contributed by atoms with Crippen molar-refractivity contribution >= 4 is 34.8 Å². The van der Waals surface area contributed by atoms with Crippen LogP contribution in [-0.2, 0) is 6.42 Å². The van der Waals surface area contributed by atoms with Crippen LogP contribution in [0, 0.1) is 8.34 Å². The monoisotopic (exact) mass is 453 g/mol. The number of hydrogen-bond acceptors (Lipinski definition) is 4. The molecule has 124 valence electrons. The molecule has 24 heavy (non-hydrogen) atoms. The Morgan fingerprint density at radius 2 is 1.88 bits per heavy atom. The first-order chi connectivity index (χ1) is 11.6. The van der Waals surface area contributed by atoms with Crippen LogP contribution in [0.5, 0.6) is 11.5 Å². The van der Waals surface area contributed by atoms with E-state index in [0.717, 1.165) is 28.6 Å². The van der Waals surface area contributed by atoms with E-state index < -0.39 is 0 Å². The second-order valence-corrected chi connectivity index (χ2v) is 6.74. The number of rotatable bonds is 5. The average Bonchev–Trinajstić information content (AvgIpc) is 2.96.